The van der Waals surface area contributed by atoms with Gasteiger partial charge in [0.05, 0.1) is 19.2 Å². The molecular formula is C13H12F3NO3. The molecule has 4 nitrogen and oxygen atoms in total. The number of hydrogen-bond acceptors (Lipinski definition) is 4. The minimum Gasteiger partial charge on any atom is -0.497 e. The molecule has 7 heteroatoms. The van der Waals surface area contributed by atoms with Crippen LogP contribution in [0.5, 0.6) is 5.75 Å². The van der Waals surface area contributed by atoms with E-state index in [0.29, 0.717) is 5.75 Å². The Bertz CT molecular complexity index is 537. The lowest BCUT2D eigenvalue weighted by Crippen LogP contribution is -2.45. The minimum atomic E-state index is -4.88. The predicted octanol–water partition coefficient (Wildman–Crippen LogP) is 2.74. The third-order valence-electron chi connectivity index (χ3n) is 2.76. The van der Waals surface area contributed by atoms with E-state index in [0.717, 1.165) is 5.56 Å². The molecule has 1 N–H and O–H groups in total. The van der Waals surface area contributed by atoms with E-state index >= 15 is 0 Å². The Morgan fingerprint density at radius 2 is 1.95 bits per heavy atom. The first kappa shape index (κ1) is 14.4. The van der Waals surface area contributed by atoms with Crippen LogP contribution in [0, 0.1) is 0 Å². The molecule has 2 rings (SSSR count). The minimum absolute atomic E-state index is 0.0145. The summed E-state index contributed by atoms with van der Waals surface area (Å²) in [5, 5.41) is 12.5. The average Bonchev–Trinajstić information content (AvgIpc) is 2.80. The number of halogens is 3. The quantitative estimate of drug-likeness (QED) is 0.930. The molecule has 0 aromatic heterocycles. The monoisotopic (exact) mass is 287 g/mol. The van der Waals surface area contributed by atoms with Gasteiger partial charge in [-0.15, -0.1) is 0 Å². The van der Waals surface area contributed by atoms with Crippen molar-refractivity contribution >= 4 is 11.8 Å². The summed E-state index contributed by atoms with van der Waals surface area (Å²) in [7, 11) is 1.54. The van der Waals surface area contributed by atoms with E-state index in [9.17, 15) is 18.3 Å². The number of aliphatic hydroxyl groups is 1. The van der Waals surface area contributed by atoms with Gasteiger partial charge in [-0.25, -0.2) is 0 Å². The number of ether oxygens (including phenoxy) is 1. The van der Waals surface area contributed by atoms with Crippen LogP contribution in [0.4, 0.5) is 13.2 Å². The fourth-order valence-corrected chi connectivity index (χ4v) is 1.59. The highest BCUT2D eigenvalue weighted by Gasteiger charge is 2.60. The fraction of sp³-hybridized carbons (Fsp3) is 0.308. The first-order valence-electron chi connectivity index (χ1n) is 5.70. The van der Waals surface area contributed by atoms with Crippen LogP contribution >= 0.6 is 0 Å². The smallest absolute Gasteiger partial charge is 0.458 e. The van der Waals surface area contributed by atoms with Crippen LogP contribution in [0.25, 0.3) is 6.08 Å². The Morgan fingerprint density at radius 1 is 1.30 bits per heavy atom. The molecule has 1 heterocycles. The number of hydrogen-bond donors (Lipinski definition) is 1. The Hall–Kier alpha value is -2.02. The van der Waals surface area contributed by atoms with Crippen molar-refractivity contribution in [1.29, 1.82) is 0 Å². The molecular weight excluding hydrogens is 275 g/mol. The van der Waals surface area contributed by atoms with Crippen LogP contribution in [0.2, 0.25) is 0 Å². The van der Waals surface area contributed by atoms with Gasteiger partial charge in [-0.2, -0.15) is 13.2 Å². The number of oxime groups is 1. The van der Waals surface area contributed by atoms with Gasteiger partial charge in [0.1, 0.15) is 5.75 Å². The normalized spacial score (nSPS) is 22.8. The van der Waals surface area contributed by atoms with Crippen LogP contribution in [-0.2, 0) is 4.84 Å². The molecule has 0 aliphatic carbocycles. The van der Waals surface area contributed by atoms with Crippen LogP contribution in [0.15, 0.2) is 35.5 Å². The second-order valence-corrected chi connectivity index (χ2v) is 4.24. The summed E-state index contributed by atoms with van der Waals surface area (Å²) in [5.41, 5.74) is 0.775. The van der Waals surface area contributed by atoms with Crippen molar-refractivity contribution in [2.24, 2.45) is 5.16 Å². The average molecular weight is 287 g/mol. The van der Waals surface area contributed by atoms with Crippen LogP contribution in [0.3, 0.4) is 0 Å². The zero-order chi connectivity index (χ0) is 14.8. The number of methoxy groups -OCH3 is 1. The fourth-order valence-electron chi connectivity index (χ4n) is 1.59. The van der Waals surface area contributed by atoms with Crippen LogP contribution in [0.1, 0.15) is 12.0 Å². The molecule has 0 saturated heterocycles. The van der Waals surface area contributed by atoms with Crippen molar-refractivity contribution in [3.63, 3.8) is 0 Å². The first-order valence-corrected chi connectivity index (χ1v) is 5.70. The van der Waals surface area contributed by atoms with E-state index < -0.39 is 18.4 Å². The molecule has 1 aromatic carbocycles. The Balaban J connectivity index is 2.03. The summed E-state index contributed by atoms with van der Waals surface area (Å²) in [6, 6.07) is 6.92. The maximum Gasteiger partial charge on any atom is 0.458 e. The van der Waals surface area contributed by atoms with Gasteiger partial charge >= 0.3 is 12.0 Å². The molecule has 20 heavy (non-hydrogen) atoms. The van der Waals surface area contributed by atoms with Gasteiger partial charge in [0.15, 0.2) is 0 Å². The Kier molecular flexibility index (Phi) is 3.71. The molecule has 108 valence electrons. The second kappa shape index (κ2) is 5.16. The van der Waals surface area contributed by atoms with E-state index in [1.165, 1.54) is 13.2 Å². The first-order chi connectivity index (χ1) is 9.34. The molecule has 0 fully saturated rings. The van der Waals surface area contributed by atoms with Crippen LogP contribution < -0.4 is 4.74 Å². The Labute approximate surface area is 113 Å². The van der Waals surface area contributed by atoms with Gasteiger partial charge in [-0.1, -0.05) is 23.4 Å². The second-order valence-electron chi connectivity index (χ2n) is 4.24. The largest absolute Gasteiger partial charge is 0.497 e. The standard InChI is InChI=1S/C13H12F3NO3/c1-19-11-6-3-9(4-7-11)2-5-10-8-12(18,20-17-10)13(14,15)16/h2-7,18H,8H2,1H3/t12-/m1/s1. The van der Waals surface area contributed by atoms with Crippen molar-refractivity contribution in [3.8, 4) is 5.75 Å². The molecule has 0 saturated carbocycles. The van der Waals surface area contributed by atoms with E-state index in [1.54, 1.807) is 30.3 Å². The zero-order valence-electron chi connectivity index (χ0n) is 10.5. The molecule has 0 bridgehead atoms. The van der Waals surface area contributed by atoms with Gasteiger partial charge in [0.25, 0.3) is 0 Å². The molecule has 1 aliphatic rings. The lowest BCUT2D eigenvalue weighted by molar-refractivity contribution is -0.355. The van der Waals surface area contributed by atoms with Crippen molar-refractivity contribution in [1.82, 2.24) is 0 Å². The molecule has 0 spiro atoms. The summed E-state index contributed by atoms with van der Waals surface area (Å²) in [5.74, 6) is -2.55. The lowest BCUT2D eigenvalue weighted by Gasteiger charge is -2.22. The molecule has 1 aliphatic heterocycles. The van der Waals surface area contributed by atoms with Crippen molar-refractivity contribution in [3.05, 3.63) is 35.9 Å². The van der Waals surface area contributed by atoms with E-state index in [4.69, 9.17) is 4.74 Å². The third-order valence-corrected chi connectivity index (χ3v) is 2.76. The molecule has 0 radical (unpaired) electrons. The number of alkyl halides is 3. The number of rotatable bonds is 3. The Morgan fingerprint density at radius 3 is 2.45 bits per heavy atom. The van der Waals surface area contributed by atoms with Crippen molar-refractivity contribution in [2.75, 3.05) is 7.11 Å². The van der Waals surface area contributed by atoms with Gasteiger partial charge in [0, 0.05) is 0 Å². The summed E-state index contributed by atoms with van der Waals surface area (Å²) in [6.45, 7) is 0. The van der Waals surface area contributed by atoms with Crippen molar-refractivity contribution < 1.29 is 27.9 Å². The van der Waals surface area contributed by atoms with Gasteiger partial charge in [0.2, 0.25) is 0 Å². The predicted molar refractivity (Wildman–Crippen MR) is 66.2 cm³/mol. The number of benzene rings is 1. The van der Waals surface area contributed by atoms with E-state index in [-0.39, 0.29) is 5.71 Å². The highest BCUT2D eigenvalue weighted by atomic mass is 19.4. The summed E-state index contributed by atoms with van der Waals surface area (Å²) < 4.78 is 42.4. The van der Waals surface area contributed by atoms with Gasteiger partial charge < -0.3 is 14.7 Å². The highest BCUT2D eigenvalue weighted by Crippen LogP contribution is 2.38. The summed E-state index contributed by atoms with van der Waals surface area (Å²) in [4.78, 5) is 4.09. The molecule has 1 aromatic rings. The van der Waals surface area contributed by atoms with E-state index in [2.05, 4.69) is 9.99 Å². The summed E-state index contributed by atoms with van der Waals surface area (Å²) in [6.07, 6.45) is -2.68. The SMILES string of the molecule is COc1ccc(C=CC2=NO[C@@](O)(C(F)(F)F)C2)cc1. The third kappa shape index (κ3) is 2.93. The summed E-state index contributed by atoms with van der Waals surface area (Å²) >= 11 is 0. The van der Waals surface area contributed by atoms with E-state index in [1.807, 2.05) is 0 Å². The molecule has 1 atom stereocenters. The van der Waals surface area contributed by atoms with Crippen LogP contribution in [-0.4, -0.2) is 29.9 Å². The maximum absolute atomic E-state index is 12.5. The molecule has 0 amide bonds. The van der Waals surface area contributed by atoms with Gasteiger partial charge in [-0.05, 0) is 23.8 Å². The maximum atomic E-state index is 12.5. The molecule has 0 unspecified atom stereocenters. The zero-order valence-corrected chi connectivity index (χ0v) is 10.5. The van der Waals surface area contributed by atoms with Crippen molar-refractivity contribution in [2.45, 2.75) is 18.4 Å². The number of allylic oxidation sites excluding steroid dienone is 1. The van der Waals surface area contributed by atoms with Gasteiger partial charge in [-0.3, -0.25) is 0 Å². The topological polar surface area (TPSA) is 51.0 Å². The highest BCUT2D eigenvalue weighted by molar-refractivity contribution is 5.99. The lowest BCUT2D eigenvalue weighted by atomic mass is 10.1. The number of nitrogens with zero attached hydrogens (tertiary/aromatic N) is 1.